The maximum absolute atomic E-state index is 8.84. The van der Waals surface area contributed by atoms with Gasteiger partial charge in [0.15, 0.2) is 0 Å². The second kappa shape index (κ2) is 8.04. The average Bonchev–Trinajstić information content (AvgIpc) is 2.45. The van der Waals surface area contributed by atoms with Crippen LogP contribution < -0.4 is 5.73 Å². The lowest BCUT2D eigenvalue weighted by Crippen LogP contribution is -2.38. The van der Waals surface area contributed by atoms with E-state index in [0.717, 1.165) is 18.9 Å². The summed E-state index contributed by atoms with van der Waals surface area (Å²) in [5.41, 5.74) is 5.96. The molecule has 1 saturated heterocycles. The topological polar surface area (TPSA) is 49.5 Å². The van der Waals surface area contributed by atoms with E-state index in [4.69, 9.17) is 10.8 Å². The highest BCUT2D eigenvalue weighted by molar-refractivity contribution is 4.73. The second-order valence-electron chi connectivity index (χ2n) is 5.16. The zero-order chi connectivity index (χ0) is 11.8. The molecule has 96 valence electrons. The molecule has 2 unspecified atom stereocenters. The van der Waals surface area contributed by atoms with Crippen LogP contribution in [0.15, 0.2) is 0 Å². The largest absolute Gasteiger partial charge is 0.396 e. The lowest BCUT2D eigenvalue weighted by atomic mass is 9.96. The summed E-state index contributed by atoms with van der Waals surface area (Å²) in [4.78, 5) is 2.48. The number of hydrogen-bond donors (Lipinski definition) is 2. The Balaban J connectivity index is 2.24. The van der Waals surface area contributed by atoms with Crippen molar-refractivity contribution in [1.29, 1.82) is 0 Å². The van der Waals surface area contributed by atoms with Gasteiger partial charge in [-0.25, -0.2) is 0 Å². The fraction of sp³-hybridized carbons (Fsp3) is 1.00. The predicted molar refractivity (Wildman–Crippen MR) is 68.4 cm³/mol. The minimum Gasteiger partial charge on any atom is -0.396 e. The molecule has 0 saturated carbocycles. The molecule has 0 amide bonds. The van der Waals surface area contributed by atoms with Gasteiger partial charge >= 0.3 is 0 Å². The Morgan fingerprint density at radius 2 is 2.19 bits per heavy atom. The van der Waals surface area contributed by atoms with Gasteiger partial charge in [-0.1, -0.05) is 19.8 Å². The number of nitrogens with zero attached hydrogens (tertiary/aromatic N) is 1. The van der Waals surface area contributed by atoms with Crippen molar-refractivity contribution >= 4 is 0 Å². The minimum absolute atomic E-state index is 0.146. The summed E-state index contributed by atoms with van der Waals surface area (Å²) in [6, 6.07) is 0.146. The highest BCUT2D eigenvalue weighted by atomic mass is 16.3. The predicted octanol–water partition coefficient (Wildman–Crippen LogP) is 1.60. The molecule has 1 heterocycles. The van der Waals surface area contributed by atoms with Crippen LogP contribution in [0.1, 0.15) is 45.4 Å². The Kier molecular flexibility index (Phi) is 7.01. The van der Waals surface area contributed by atoms with Crippen molar-refractivity contribution in [1.82, 2.24) is 4.90 Å². The summed E-state index contributed by atoms with van der Waals surface area (Å²) in [7, 11) is 0. The normalized spacial score (nSPS) is 25.3. The Morgan fingerprint density at radius 3 is 2.88 bits per heavy atom. The van der Waals surface area contributed by atoms with Crippen molar-refractivity contribution in [2.45, 2.75) is 51.5 Å². The van der Waals surface area contributed by atoms with Crippen molar-refractivity contribution in [3.8, 4) is 0 Å². The molecule has 1 fully saturated rings. The molecular weight excluding hydrogens is 200 g/mol. The van der Waals surface area contributed by atoms with E-state index in [1.807, 2.05) is 0 Å². The highest BCUT2D eigenvalue weighted by Gasteiger charge is 2.17. The van der Waals surface area contributed by atoms with E-state index < -0.39 is 0 Å². The number of rotatable bonds is 6. The molecule has 0 bridgehead atoms. The molecule has 1 aliphatic rings. The summed E-state index contributed by atoms with van der Waals surface area (Å²) in [6.45, 7) is 5.84. The van der Waals surface area contributed by atoms with Crippen LogP contribution in [0.25, 0.3) is 0 Å². The molecule has 16 heavy (non-hydrogen) atoms. The standard InChI is InChI=1S/C13H28N2O/c1-2-4-12-5-3-8-15(9-6-12)11-13(14)7-10-16/h12-13,16H,2-11,14H2,1H3. The molecule has 1 aliphatic heterocycles. The first-order valence-electron chi connectivity index (χ1n) is 6.85. The van der Waals surface area contributed by atoms with Crippen molar-refractivity contribution in [3.05, 3.63) is 0 Å². The van der Waals surface area contributed by atoms with E-state index in [2.05, 4.69) is 11.8 Å². The summed E-state index contributed by atoms with van der Waals surface area (Å²) < 4.78 is 0. The quantitative estimate of drug-likeness (QED) is 0.726. The van der Waals surface area contributed by atoms with Crippen LogP contribution in [0.3, 0.4) is 0 Å². The Labute approximate surface area is 100 Å². The van der Waals surface area contributed by atoms with Crippen LogP contribution in [0.4, 0.5) is 0 Å². The molecule has 1 rings (SSSR count). The first-order chi connectivity index (χ1) is 7.76. The van der Waals surface area contributed by atoms with Crippen molar-refractivity contribution in [3.63, 3.8) is 0 Å². The van der Waals surface area contributed by atoms with Gasteiger partial charge in [0.2, 0.25) is 0 Å². The lowest BCUT2D eigenvalue weighted by molar-refractivity contribution is 0.227. The number of likely N-dealkylation sites (tertiary alicyclic amines) is 1. The third kappa shape index (κ3) is 5.28. The van der Waals surface area contributed by atoms with Gasteiger partial charge < -0.3 is 15.7 Å². The molecular formula is C13H28N2O. The van der Waals surface area contributed by atoms with Gasteiger partial charge in [0.05, 0.1) is 0 Å². The maximum Gasteiger partial charge on any atom is 0.0446 e. The van der Waals surface area contributed by atoms with Gasteiger partial charge in [0, 0.05) is 19.2 Å². The van der Waals surface area contributed by atoms with Gasteiger partial charge in [-0.05, 0) is 44.7 Å². The Morgan fingerprint density at radius 1 is 1.38 bits per heavy atom. The van der Waals surface area contributed by atoms with Crippen molar-refractivity contribution in [2.24, 2.45) is 11.7 Å². The van der Waals surface area contributed by atoms with E-state index in [9.17, 15) is 0 Å². The average molecular weight is 228 g/mol. The monoisotopic (exact) mass is 228 g/mol. The third-order valence-electron chi connectivity index (χ3n) is 3.63. The molecule has 2 atom stereocenters. The van der Waals surface area contributed by atoms with Crippen LogP contribution in [-0.2, 0) is 0 Å². The molecule has 0 aromatic carbocycles. The Bertz CT molecular complexity index is 175. The summed E-state index contributed by atoms with van der Waals surface area (Å²) in [5.74, 6) is 0.934. The van der Waals surface area contributed by atoms with Crippen LogP contribution in [0.5, 0.6) is 0 Å². The van der Waals surface area contributed by atoms with Crippen molar-refractivity contribution in [2.75, 3.05) is 26.2 Å². The first-order valence-corrected chi connectivity index (χ1v) is 6.85. The molecule has 0 aliphatic carbocycles. The molecule has 3 N–H and O–H groups in total. The van der Waals surface area contributed by atoms with Crippen LogP contribution in [0.2, 0.25) is 0 Å². The molecule has 0 spiro atoms. The van der Waals surface area contributed by atoms with Gasteiger partial charge in [0.25, 0.3) is 0 Å². The summed E-state index contributed by atoms with van der Waals surface area (Å²) in [6.07, 6.45) is 7.47. The van der Waals surface area contributed by atoms with E-state index >= 15 is 0 Å². The smallest absolute Gasteiger partial charge is 0.0446 e. The summed E-state index contributed by atoms with van der Waals surface area (Å²) >= 11 is 0. The lowest BCUT2D eigenvalue weighted by Gasteiger charge is -2.23. The number of aliphatic hydroxyl groups is 1. The third-order valence-corrected chi connectivity index (χ3v) is 3.63. The van der Waals surface area contributed by atoms with Crippen LogP contribution >= 0.6 is 0 Å². The SMILES string of the molecule is CCCC1CCCN(CC(N)CCO)CC1. The zero-order valence-electron chi connectivity index (χ0n) is 10.7. The minimum atomic E-state index is 0.146. The summed E-state index contributed by atoms with van der Waals surface area (Å²) in [5, 5.41) is 8.84. The van der Waals surface area contributed by atoms with Gasteiger partial charge in [0.1, 0.15) is 0 Å². The fourth-order valence-corrected chi connectivity index (χ4v) is 2.69. The van der Waals surface area contributed by atoms with Crippen LogP contribution in [-0.4, -0.2) is 42.3 Å². The van der Waals surface area contributed by atoms with Gasteiger partial charge in [-0.2, -0.15) is 0 Å². The number of aliphatic hydroxyl groups excluding tert-OH is 1. The van der Waals surface area contributed by atoms with Gasteiger partial charge in [-0.15, -0.1) is 0 Å². The number of nitrogens with two attached hydrogens (primary N) is 1. The molecule has 3 heteroatoms. The zero-order valence-corrected chi connectivity index (χ0v) is 10.7. The van der Waals surface area contributed by atoms with Crippen molar-refractivity contribution < 1.29 is 5.11 Å². The first kappa shape index (κ1) is 13.9. The maximum atomic E-state index is 8.84. The van der Waals surface area contributed by atoms with E-state index in [1.54, 1.807) is 0 Å². The van der Waals surface area contributed by atoms with E-state index in [-0.39, 0.29) is 12.6 Å². The van der Waals surface area contributed by atoms with E-state index in [0.29, 0.717) is 0 Å². The second-order valence-corrected chi connectivity index (χ2v) is 5.16. The number of hydrogen-bond acceptors (Lipinski definition) is 3. The van der Waals surface area contributed by atoms with Crippen LogP contribution in [0, 0.1) is 5.92 Å². The Hall–Kier alpha value is -0.120. The molecule has 3 nitrogen and oxygen atoms in total. The fourth-order valence-electron chi connectivity index (χ4n) is 2.69. The highest BCUT2D eigenvalue weighted by Crippen LogP contribution is 2.21. The molecule has 0 radical (unpaired) electrons. The molecule has 0 aromatic heterocycles. The van der Waals surface area contributed by atoms with E-state index in [1.165, 1.54) is 45.2 Å². The van der Waals surface area contributed by atoms with Gasteiger partial charge in [-0.3, -0.25) is 0 Å². The molecule has 0 aromatic rings.